The number of anilines is 1. The van der Waals surface area contributed by atoms with Crippen LogP contribution in [0.4, 0.5) is 23.2 Å². The number of fused-ring (bicyclic) bond motifs is 1. The number of benzene rings is 1. The van der Waals surface area contributed by atoms with Gasteiger partial charge in [-0.2, -0.15) is 18.4 Å². The quantitative estimate of drug-likeness (QED) is 0.738. The number of alkyl halides is 4. The molecule has 168 valence electrons. The van der Waals surface area contributed by atoms with E-state index in [1.165, 1.54) is 0 Å². The molecule has 2 N–H and O–H groups in total. The van der Waals surface area contributed by atoms with E-state index >= 15 is 0 Å². The monoisotopic (exact) mass is 438 g/mol. The van der Waals surface area contributed by atoms with Gasteiger partial charge in [0, 0.05) is 45.1 Å². The molecule has 1 aromatic heterocycles. The first-order chi connectivity index (χ1) is 14.8. The summed E-state index contributed by atoms with van der Waals surface area (Å²) in [5.41, 5.74) is 7.42. The molecule has 2 fully saturated rings. The van der Waals surface area contributed by atoms with Gasteiger partial charge in [-0.15, -0.1) is 0 Å². The highest BCUT2D eigenvalue weighted by atomic mass is 19.4. The standard InChI is InChI=1S/C20H25FN6.CHF3/c21-20(13-23)5-1-8-26(14-20)11-15-4-9-27(12-15)17-3-2-16(10-22)18-19(17)25-7-6-24-18;2-1(3)4/h2-3,6-7,15H,1,4-5,8-9,11-14,23H2;1H. The van der Waals surface area contributed by atoms with Gasteiger partial charge in [0.2, 0.25) is 0 Å². The Morgan fingerprint density at radius 2 is 1.90 bits per heavy atom. The smallest absolute Gasteiger partial charge is 0.369 e. The highest BCUT2D eigenvalue weighted by Gasteiger charge is 2.35. The summed E-state index contributed by atoms with van der Waals surface area (Å²) in [6, 6.07) is 5.98. The van der Waals surface area contributed by atoms with E-state index in [4.69, 9.17) is 5.73 Å². The Bertz CT molecular complexity index is 918. The van der Waals surface area contributed by atoms with Crippen molar-refractivity contribution in [1.82, 2.24) is 14.9 Å². The number of nitrogens with zero attached hydrogens (tertiary/aromatic N) is 5. The first-order valence-electron chi connectivity index (χ1n) is 10.3. The van der Waals surface area contributed by atoms with Crippen LogP contribution in [-0.4, -0.2) is 66.5 Å². The van der Waals surface area contributed by atoms with E-state index in [0.29, 0.717) is 30.0 Å². The molecule has 1 aromatic carbocycles. The number of nitrogens with two attached hydrogens (primary N) is 1. The summed E-state index contributed by atoms with van der Waals surface area (Å²) in [6.45, 7) is 0.598. The average molecular weight is 438 g/mol. The normalized spacial score (nSPS) is 24.2. The number of aromatic nitrogens is 2. The van der Waals surface area contributed by atoms with Gasteiger partial charge >= 0.3 is 6.68 Å². The molecule has 2 aliphatic heterocycles. The van der Waals surface area contributed by atoms with Crippen molar-refractivity contribution in [2.75, 3.05) is 44.2 Å². The van der Waals surface area contributed by atoms with Crippen LogP contribution in [0.3, 0.4) is 0 Å². The van der Waals surface area contributed by atoms with Crippen LogP contribution < -0.4 is 10.6 Å². The summed E-state index contributed by atoms with van der Waals surface area (Å²) >= 11 is 0. The number of rotatable bonds is 4. The van der Waals surface area contributed by atoms with E-state index in [0.717, 1.165) is 50.2 Å². The third-order valence-electron chi connectivity index (χ3n) is 5.84. The zero-order chi connectivity index (χ0) is 22.4. The molecule has 3 heterocycles. The van der Waals surface area contributed by atoms with Crippen molar-refractivity contribution in [3.05, 3.63) is 30.1 Å². The number of likely N-dealkylation sites (tertiary alicyclic amines) is 1. The molecule has 0 bridgehead atoms. The second kappa shape index (κ2) is 10.2. The predicted octanol–water partition coefficient (Wildman–Crippen LogP) is 3.27. The molecular formula is C21H26F4N6. The van der Waals surface area contributed by atoms with Crippen molar-refractivity contribution in [2.24, 2.45) is 11.7 Å². The van der Waals surface area contributed by atoms with E-state index < -0.39 is 12.3 Å². The molecule has 2 aromatic rings. The number of halogens is 4. The largest absolute Gasteiger partial charge is 0.379 e. The molecule has 0 radical (unpaired) electrons. The Morgan fingerprint density at radius 1 is 1.19 bits per heavy atom. The summed E-state index contributed by atoms with van der Waals surface area (Å²) < 4.78 is 43.6. The van der Waals surface area contributed by atoms with Crippen molar-refractivity contribution in [3.63, 3.8) is 0 Å². The van der Waals surface area contributed by atoms with E-state index in [9.17, 15) is 22.8 Å². The third-order valence-corrected chi connectivity index (χ3v) is 5.84. The number of nitriles is 1. The molecule has 0 saturated carbocycles. The van der Waals surface area contributed by atoms with Gasteiger partial charge in [-0.05, 0) is 43.9 Å². The molecule has 2 saturated heterocycles. The topological polar surface area (TPSA) is 82.1 Å². The highest BCUT2D eigenvalue weighted by molar-refractivity contribution is 5.92. The van der Waals surface area contributed by atoms with Crippen LogP contribution in [0.15, 0.2) is 24.5 Å². The maximum absolute atomic E-state index is 14.6. The summed E-state index contributed by atoms with van der Waals surface area (Å²) in [5, 5.41) is 9.30. The van der Waals surface area contributed by atoms with Crippen LogP contribution in [0, 0.1) is 17.2 Å². The molecule has 2 unspecified atom stereocenters. The Kier molecular flexibility index (Phi) is 7.62. The minimum Gasteiger partial charge on any atom is -0.369 e. The summed E-state index contributed by atoms with van der Waals surface area (Å²) in [4.78, 5) is 13.4. The molecule has 0 aliphatic carbocycles. The van der Waals surface area contributed by atoms with Gasteiger partial charge in [-0.3, -0.25) is 14.9 Å². The molecule has 10 heteroatoms. The molecular weight excluding hydrogens is 412 g/mol. The van der Waals surface area contributed by atoms with Crippen LogP contribution in [-0.2, 0) is 0 Å². The zero-order valence-corrected chi connectivity index (χ0v) is 17.2. The fourth-order valence-corrected chi connectivity index (χ4v) is 4.45. The first kappa shape index (κ1) is 23.2. The Morgan fingerprint density at radius 3 is 2.58 bits per heavy atom. The van der Waals surface area contributed by atoms with Crippen molar-refractivity contribution in [3.8, 4) is 6.07 Å². The van der Waals surface area contributed by atoms with Gasteiger partial charge in [-0.1, -0.05) is 0 Å². The van der Waals surface area contributed by atoms with Crippen molar-refractivity contribution < 1.29 is 17.6 Å². The maximum atomic E-state index is 14.6. The number of hydrogen-bond donors (Lipinski definition) is 1. The van der Waals surface area contributed by atoms with Gasteiger partial charge in [-0.25, -0.2) is 4.39 Å². The van der Waals surface area contributed by atoms with E-state index in [-0.39, 0.29) is 6.54 Å². The summed E-state index contributed by atoms with van der Waals surface area (Å²) in [5.74, 6) is 0.493. The zero-order valence-electron chi connectivity index (χ0n) is 17.2. The fourth-order valence-electron chi connectivity index (χ4n) is 4.45. The van der Waals surface area contributed by atoms with Gasteiger partial charge in [0.1, 0.15) is 22.8 Å². The molecule has 2 atom stereocenters. The fraction of sp³-hybridized carbons (Fsp3) is 0.571. The lowest BCUT2D eigenvalue weighted by Gasteiger charge is -2.37. The minimum absolute atomic E-state index is 0.107. The molecule has 6 nitrogen and oxygen atoms in total. The second-order valence-electron chi connectivity index (χ2n) is 8.04. The summed E-state index contributed by atoms with van der Waals surface area (Å²) in [6.07, 6.45) is 5.81. The minimum atomic E-state index is -3.67. The number of piperidine rings is 1. The van der Waals surface area contributed by atoms with Gasteiger partial charge in [0.15, 0.2) is 0 Å². The molecule has 4 rings (SSSR count). The molecule has 0 spiro atoms. The Balaban J connectivity index is 0.000000628. The van der Waals surface area contributed by atoms with Crippen molar-refractivity contribution in [1.29, 1.82) is 5.26 Å². The van der Waals surface area contributed by atoms with E-state index in [1.807, 2.05) is 12.1 Å². The SMILES string of the molecule is FC(F)F.N#Cc1ccc(N2CCC(CN3CCCC(F)(CN)C3)C2)c2nccnc12. The lowest BCUT2D eigenvalue weighted by molar-refractivity contribution is 0.00819. The maximum Gasteiger partial charge on any atom is 0.379 e. The first-order valence-corrected chi connectivity index (χ1v) is 10.3. The average Bonchev–Trinajstić information content (AvgIpc) is 3.20. The number of hydrogen-bond acceptors (Lipinski definition) is 6. The van der Waals surface area contributed by atoms with Crippen molar-refractivity contribution >= 4 is 16.7 Å². The lowest BCUT2D eigenvalue weighted by atomic mass is 9.94. The van der Waals surface area contributed by atoms with Gasteiger partial charge in [0.05, 0.1) is 11.3 Å². The highest BCUT2D eigenvalue weighted by Crippen LogP contribution is 2.32. The molecule has 0 amide bonds. The third kappa shape index (κ3) is 5.80. The van der Waals surface area contributed by atoms with Gasteiger partial charge < -0.3 is 10.6 Å². The van der Waals surface area contributed by atoms with Crippen LogP contribution in [0.2, 0.25) is 0 Å². The summed E-state index contributed by atoms with van der Waals surface area (Å²) in [7, 11) is 0. The van der Waals surface area contributed by atoms with Crippen molar-refractivity contribution in [2.45, 2.75) is 31.6 Å². The Hall–Kier alpha value is -2.51. The van der Waals surface area contributed by atoms with Gasteiger partial charge in [0.25, 0.3) is 0 Å². The van der Waals surface area contributed by atoms with Crippen LogP contribution in [0.5, 0.6) is 0 Å². The Labute approximate surface area is 178 Å². The van der Waals surface area contributed by atoms with E-state index in [1.54, 1.807) is 12.4 Å². The predicted molar refractivity (Wildman–Crippen MR) is 110 cm³/mol. The van der Waals surface area contributed by atoms with Crippen LogP contribution in [0.1, 0.15) is 24.8 Å². The van der Waals surface area contributed by atoms with E-state index in [2.05, 4.69) is 25.8 Å². The molecule has 31 heavy (non-hydrogen) atoms. The molecule has 2 aliphatic rings. The van der Waals surface area contributed by atoms with Crippen LogP contribution >= 0.6 is 0 Å². The lowest BCUT2D eigenvalue weighted by Crippen LogP contribution is -2.50. The second-order valence-corrected chi connectivity index (χ2v) is 8.04. The van der Waals surface area contributed by atoms with Crippen LogP contribution in [0.25, 0.3) is 11.0 Å².